The van der Waals surface area contributed by atoms with Gasteiger partial charge in [-0.2, -0.15) is 0 Å². The van der Waals surface area contributed by atoms with Gasteiger partial charge in [0.1, 0.15) is 0 Å². The molecule has 1 atom stereocenters. The Kier molecular flexibility index (Phi) is 4.84. The highest BCUT2D eigenvalue weighted by Gasteiger charge is 2.20. The molecule has 108 valence electrons. The summed E-state index contributed by atoms with van der Waals surface area (Å²) >= 11 is 0. The van der Waals surface area contributed by atoms with Gasteiger partial charge in [0.25, 0.3) is 11.6 Å². The van der Waals surface area contributed by atoms with Crippen molar-refractivity contribution in [3.8, 4) is 11.5 Å². The van der Waals surface area contributed by atoms with Crippen molar-refractivity contribution in [3.05, 3.63) is 28.3 Å². The number of imide groups is 1. The van der Waals surface area contributed by atoms with Gasteiger partial charge >= 0.3 is 6.03 Å². The van der Waals surface area contributed by atoms with Gasteiger partial charge in [-0.1, -0.05) is 0 Å². The van der Waals surface area contributed by atoms with Gasteiger partial charge in [0.15, 0.2) is 17.6 Å². The van der Waals surface area contributed by atoms with Gasteiger partial charge in [-0.25, -0.2) is 4.79 Å². The van der Waals surface area contributed by atoms with Crippen LogP contribution >= 0.6 is 0 Å². The van der Waals surface area contributed by atoms with Crippen LogP contribution in [0.15, 0.2) is 18.2 Å². The minimum absolute atomic E-state index is 0.00817. The molecule has 3 N–H and O–H groups in total. The quantitative estimate of drug-likeness (QED) is 0.599. The molecule has 0 radical (unpaired) electrons. The fraction of sp³-hybridized carbons (Fsp3) is 0.273. The van der Waals surface area contributed by atoms with Crippen LogP contribution in [0.4, 0.5) is 10.5 Å². The van der Waals surface area contributed by atoms with Crippen LogP contribution < -0.4 is 20.5 Å². The lowest BCUT2D eigenvalue weighted by Gasteiger charge is -2.15. The second-order valence-corrected chi connectivity index (χ2v) is 3.71. The number of nitrogens with one attached hydrogen (secondary N) is 1. The summed E-state index contributed by atoms with van der Waals surface area (Å²) in [5.74, 6) is -0.547. The van der Waals surface area contributed by atoms with Crippen molar-refractivity contribution >= 4 is 17.6 Å². The van der Waals surface area contributed by atoms with E-state index in [-0.39, 0.29) is 17.2 Å². The molecular formula is C11H13N3O6. The summed E-state index contributed by atoms with van der Waals surface area (Å²) in [6.07, 6.45) is -1.08. The van der Waals surface area contributed by atoms with E-state index in [4.69, 9.17) is 15.2 Å². The standard InChI is InChI=1S/C11H13N3O6/c1-6(10(15)13-11(12)16)20-9-5-7(14(17)18)3-4-8(9)19-2/h3-6H,1-2H3,(H3,12,13,15,16)/t6-/m1/s1. The lowest BCUT2D eigenvalue weighted by molar-refractivity contribution is -0.385. The van der Waals surface area contributed by atoms with Gasteiger partial charge in [0.05, 0.1) is 18.1 Å². The largest absolute Gasteiger partial charge is 0.493 e. The molecule has 20 heavy (non-hydrogen) atoms. The molecule has 1 aromatic rings. The Balaban J connectivity index is 2.94. The third kappa shape index (κ3) is 3.83. The molecule has 0 aliphatic carbocycles. The maximum Gasteiger partial charge on any atom is 0.318 e. The second-order valence-electron chi connectivity index (χ2n) is 3.71. The highest BCUT2D eigenvalue weighted by atomic mass is 16.6. The molecule has 0 heterocycles. The number of nitrogens with two attached hydrogens (primary N) is 1. The van der Waals surface area contributed by atoms with Crippen molar-refractivity contribution in [3.63, 3.8) is 0 Å². The van der Waals surface area contributed by atoms with E-state index in [1.807, 2.05) is 5.32 Å². The number of ether oxygens (including phenoxy) is 2. The highest BCUT2D eigenvalue weighted by molar-refractivity contribution is 5.95. The van der Waals surface area contributed by atoms with Crippen LogP contribution in [0.25, 0.3) is 0 Å². The first-order chi connectivity index (χ1) is 9.35. The molecule has 9 heteroatoms. The molecule has 0 aliphatic heterocycles. The van der Waals surface area contributed by atoms with Crippen LogP contribution in [-0.4, -0.2) is 30.1 Å². The molecule has 1 aromatic carbocycles. The number of primary amides is 1. The van der Waals surface area contributed by atoms with Crippen molar-refractivity contribution in [1.82, 2.24) is 5.32 Å². The number of non-ortho nitro benzene ring substituents is 1. The number of amides is 3. The zero-order valence-electron chi connectivity index (χ0n) is 10.8. The minimum atomic E-state index is -1.08. The summed E-state index contributed by atoms with van der Waals surface area (Å²) in [6, 6.07) is 2.68. The zero-order valence-corrected chi connectivity index (χ0v) is 10.8. The minimum Gasteiger partial charge on any atom is -0.493 e. The first kappa shape index (κ1) is 15.2. The third-order valence-electron chi connectivity index (χ3n) is 2.28. The number of urea groups is 1. The van der Waals surface area contributed by atoms with Gasteiger partial charge in [-0.15, -0.1) is 0 Å². The van der Waals surface area contributed by atoms with Gasteiger partial charge in [-0.3, -0.25) is 20.2 Å². The van der Waals surface area contributed by atoms with Crippen molar-refractivity contribution < 1.29 is 24.0 Å². The molecule has 0 bridgehead atoms. The summed E-state index contributed by atoms with van der Waals surface area (Å²) in [7, 11) is 1.35. The van der Waals surface area contributed by atoms with E-state index >= 15 is 0 Å². The maximum atomic E-state index is 11.5. The molecular weight excluding hydrogens is 270 g/mol. The molecule has 0 aromatic heterocycles. The number of methoxy groups -OCH3 is 1. The van der Waals surface area contributed by atoms with Gasteiger partial charge in [0, 0.05) is 6.07 Å². The average Bonchev–Trinajstić information content (AvgIpc) is 2.37. The summed E-state index contributed by atoms with van der Waals surface area (Å²) < 4.78 is 10.2. The monoisotopic (exact) mass is 283 g/mol. The van der Waals surface area contributed by atoms with Crippen LogP contribution in [0.1, 0.15) is 6.92 Å². The average molecular weight is 283 g/mol. The van der Waals surface area contributed by atoms with E-state index in [1.165, 1.54) is 26.2 Å². The van der Waals surface area contributed by atoms with Crippen LogP contribution in [0, 0.1) is 10.1 Å². The van der Waals surface area contributed by atoms with Crippen LogP contribution in [0.3, 0.4) is 0 Å². The Labute approximate surface area is 113 Å². The Hall–Kier alpha value is -2.84. The Morgan fingerprint density at radius 2 is 2.05 bits per heavy atom. The normalized spacial score (nSPS) is 11.3. The number of hydrogen-bond acceptors (Lipinski definition) is 6. The van der Waals surface area contributed by atoms with Crippen molar-refractivity contribution in [2.75, 3.05) is 7.11 Å². The lowest BCUT2D eigenvalue weighted by Crippen LogP contribution is -2.42. The predicted octanol–water partition coefficient (Wildman–Crippen LogP) is 0.566. The van der Waals surface area contributed by atoms with Crippen LogP contribution in [0.5, 0.6) is 11.5 Å². The van der Waals surface area contributed by atoms with E-state index in [0.29, 0.717) is 0 Å². The van der Waals surface area contributed by atoms with E-state index in [1.54, 1.807) is 0 Å². The molecule has 9 nitrogen and oxygen atoms in total. The van der Waals surface area contributed by atoms with Crippen LogP contribution in [0.2, 0.25) is 0 Å². The first-order valence-corrected chi connectivity index (χ1v) is 5.44. The molecule has 0 spiro atoms. The molecule has 3 amide bonds. The van der Waals surface area contributed by atoms with E-state index < -0.39 is 23.0 Å². The van der Waals surface area contributed by atoms with Gasteiger partial charge < -0.3 is 15.2 Å². The lowest BCUT2D eigenvalue weighted by atomic mass is 10.2. The fourth-order valence-electron chi connectivity index (χ4n) is 1.34. The van der Waals surface area contributed by atoms with E-state index in [0.717, 1.165) is 6.07 Å². The summed E-state index contributed by atoms with van der Waals surface area (Å²) in [5, 5.41) is 12.5. The maximum absolute atomic E-state index is 11.5. The van der Waals surface area contributed by atoms with Gasteiger partial charge in [0.2, 0.25) is 0 Å². The second kappa shape index (κ2) is 6.36. The molecule has 0 unspecified atom stereocenters. The Morgan fingerprint density at radius 3 is 2.55 bits per heavy atom. The number of nitrogens with zero attached hydrogens (tertiary/aromatic N) is 1. The predicted molar refractivity (Wildman–Crippen MR) is 67.5 cm³/mol. The molecule has 1 rings (SSSR count). The first-order valence-electron chi connectivity index (χ1n) is 5.44. The van der Waals surface area contributed by atoms with Gasteiger partial charge in [-0.05, 0) is 13.0 Å². The summed E-state index contributed by atoms with van der Waals surface area (Å²) in [4.78, 5) is 32.1. The SMILES string of the molecule is COc1ccc([N+](=O)[O-])cc1O[C@H](C)C(=O)NC(N)=O. The number of carbonyl (C=O) groups excluding carboxylic acids is 2. The van der Waals surface area contributed by atoms with E-state index in [9.17, 15) is 19.7 Å². The molecule has 0 saturated heterocycles. The fourth-order valence-corrected chi connectivity index (χ4v) is 1.34. The molecule has 0 fully saturated rings. The number of carbonyl (C=O) groups is 2. The molecule has 0 saturated carbocycles. The summed E-state index contributed by atoms with van der Waals surface area (Å²) in [5.41, 5.74) is 4.58. The van der Waals surface area contributed by atoms with Crippen LogP contribution in [-0.2, 0) is 4.79 Å². The third-order valence-corrected chi connectivity index (χ3v) is 2.28. The highest BCUT2D eigenvalue weighted by Crippen LogP contribution is 2.31. The number of nitro groups is 1. The topological polar surface area (TPSA) is 134 Å². The number of nitro benzene ring substituents is 1. The Bertz CT molecular complexity index is 545. The summed E-state index contributed by atoms with van der Waals surface area (Å²) in [6.45, 7) is 1.36. The number of benzene rings is 1. The van der Waals surface area contributed by atoms with E-state index in [2.05, 4.69) is 0 Å². The number of rotatable bonds is 5. The number of hydrogen-bond donors (Lipinski definition) is 2. The van der Waals surface area contributed by atoms with Crippen molar-refractivity contribution in [1.29, 1.82) is 0 Å². The Morgan fingerprint density at radius 1 is 1.40 bits per heavy atom. The zero-order chi connectivity index (χ0) is 15.3. The smallest absolute Gasteiger partial charge is 0.318 e. The molecule has 0 aliphatic rings. The van der Waals surface area contributed by atoms with Crippen molar-refractivity contribution in [2.45, 2.75) is 13.0 Å². The van der Waals surface area contributed by atoms with Crippen molar-refractivity contribution in [2.24, 2.45) is 5.73 Å².